The molecular formula is C11H15NO2. The second-order valence-corrected chi connectivity index (χ2v) is 3.14. The number of hydrogen-bond donors (Lipinski definition) is 0. The topological polar surface area (TPSA) is 39.2 Å². The maximum atomic E-state index is 11.6. The van der Waals surface area contributed by atoms with Gasteiger partial charge in [-0.15, -0.1) is 0 Å². The van der Waals surface area contributed by atoms with Gasteiger partial charge in [0, 0.05) is 12.8 Å². The van der Waals surface area contributed by atoms with Crippen molar-refractivity contribution in [2.24, 2.45) is 0 Å². The van der Waals surface area contributed by atoms with Crippen molar-refractivity contribution < 1.29 is 9.53 Å². The fourth-order valence-electron chi connectivity index (χ4n) is 1.16. The Morgan fingerprint density at radius 2 is 2.36 bits per heavy atom. The lowest BCUT2D eigenvalue weighted by Gasteiger charge is -2.03. The Bertz CT molecular complexity index is 310. The Balaban J connectivity index is 2.56. The predicted molar refractivity (Wildman–Crippen MR) is 54.4 cm³/mol. The molecule has 0 N–H and O–H groups in total. The lowest BCUT2D eigenvalue weighted by Crippen LogP contribution is -2.12. The van der Waals surface area contributed by atoms with Crippen molar-refractivity contribution in [3.05, 3.63) is 29.6 Å². The van der Waals surface area contributed by atoms with Crippen molar-refractivity contribution in [2.45, 2.75) is 20.3 Å². The zero-order valence-corrected chi connectivity index (χ0v) is 8.62. The third kappa shape index (κ3) is 2.92. The van der Waals surface area contributed by atoms with Crippen molar-refractivity contribution in [1.29, 1.82) is 0 Å². The smallest absolute Gasteiger partial charge is 0.206 e. The average molecular weight is 193 g/mol. The molecule has 0 atom stereocenters. The number of ether oxygens (including phenoxy) is 1. The van der Waals surface area contributed by atoms with Crippen LogP contribution >= 0.6 is 0 Å². The number of carbonyl (C=O) groups excluding carboxylic acids is 1. The number of aromatic nitrogens is 1. The van der Waals surface area contributed by atoms with Gasteiger partial charge in [0.25, 0.3) is 0 Å². The summed E-state index contributed by atoms with van der Waals surface area (Å²) >= 11 is 0. The molecule has 1 aromatic heterocycles. The maximum Gasteiger partial charge on any atom is 0.206 e. The summed E-state index contributed by atoms with van der Waals surface area (Å²) < 4.78 is 5.16. The highest BCUT2D eigenvalue weighted by atomic mass is 16.5. The number of Topliss-reactive ketones (excluding diaryl/α,β-unsaturated/α-hetero) is 1. The van der Waals surface area contributed by atoms with Gasteiger partial charge >= 0.3 is 0 Å². The van der Waals surface area contributed by atoms with Crippen LogP contribution in [-0.2, 0) is 4.74 Å². The summed E-state index contributed by atoms with van der Waals surface area (Å²) in [5.41, 5.74) is 1.42. The first kappa shape index (κ1) is 10.9. The van der Waals surface area contributed by atoms with Crippen LogP contribution in [0, 0.1) is 6.92 Å². The van der Waals surface area contributed by atoms with E-state index in [0.29, 0.717) is 12.3 Å². The normalized spacial score (nSPS) is 10.1. The molecule has 14 heavy (non-hydrogen) atoms. The van der Waals surface area contributed by atoms with Gasteiger partial charge < -0.3 is 4.74 Å². The molecule has 0 aromatic carbocycles. The molecule has 0 spiro atoms. The Morgan fingerprint density at radius 3 is 3.00 bits per heavy atom. The fourth-order valence-corrected chi connectivity index (χ4v) is 1.16. The molecular weight excluding hydrogens is 178 g/mol. The van der Waals surface area contributed by atoms with Crippen LogP contribution in [-0.4, -0.2) is 24.0 Å². The molecule has 0 aliphatic rings. The lowest BCUT2D eigenvalue weighted by atomic mass is 10.1. The first-order valence-corrected chi connectivity index (χ1v) is 4.78. The second-order valence-electron chi connectivity index (χ2n) is 3.14. The van der Waals surface area contributed by atoms with Gasteiger partial charge in [-0.2, -0.15) is 0 Å². The third-order valence-electron chi connectivity index (χ3n) is 1.86. The van der Waals surface area contributed by atoms with Gasteiger partial charge in [-0.3, -0.25) is 9.78 Å². The van der Waals surface area contributed by atoms with Crippen molar-refractivity contribution in [3.8, 4) is 0 Å². The first-order chi connectivity index (χ1) is 6.75. The molecule has 0 saturated carbocycles. The van der Waals surface area contributed by atoms with Gasteiger partial charge in [0.15, 0.2) is 0 Å². The van der Waals surface area contributed by atoms with Gasteiger partial charge in [0.2, 0.25) is 5.78 Å². The van der Waals surface area contributed by atoms with Gasteiger partial charge in [0.1, 0.15) is 12.3 Å². The largest absolute Gasteiger partial charge is 0.373 e. The highest BCUT2D eigenvalue weighted by Gasteiger charge is 2.09. The van der Waals surface area contributed by atoms with E-state index in [1.54, 1.807) is 6.20 Å². The van der Waals surface area contributed by atoms with Crippen LogP contribution < -0.4 is 0 Å². The average Bonchev–Trinajstić information content (AvgIpc) is 2.18. The number of ketones is 1. The molecule has 3 nitrogen and oxygen atoms in total. The van der Waals surface area contributed by atoms with E-state index >= 15 is 0 Å². The second kappa shape index (κ2) is 5.50. The number of nitrogens with zero attached hydrogens (tertiary/aromatic N) is 1. The summed E-state index contributed by atoms with van der Waals surface area (Å²) in [5, 5.41) is 0. The predicted octanol–water partition coefficient (Wildman–Crippen LogP) is 2.00. The summed E-state index contributed by atoms with van der Waals surface area (Å²) in [4.78, 5) is 15.6. The molecule has 0 unspecified atom stereocenters. The Hall–Kier alpha value is -1.22. The molecule has 0 fully saturated rings. The summed E-state index contributed by atoms with van der Waals surface area (Å²) in [6.07, 6.45) is 2.55. The molecule has 3 heteroatoms. The molecule has 0 bridgehead atoms. The first-order valence-electron chi connectivity index (χ1n) is 4.78. The number of aryl methyl sites for hydroxylation is 1. The molecule has 0 aliphatic carbocycles. The standard InChI is InChI=1S/C11H15NO2/c1-3-7-14-8-10(13)11-9(2)5-4-6-12-11/h4-6H,3,7-8H2,1-2H3. The van der Waals surface area contributed by atoms with Crippen LogP contribution in [0.4, 0.5) is 0 Å². The minimum absolute atomic E-state index is 0.0449. The van der Waals surface area contributed by atoms with Crippen LogP contribution in [0.15, 0.2) is 18.3 Å². The molecule has 0 radical (unpaired) electrons. The lowest BCUT2D eigenvalue weighted by molar-refractivity contribution is 0.0756. The minimum atomic E-state index is -0.0449. The minimum Gasteiger partial charge on any atom is -0.373 e. The van der Waals surface area contributed by atoms with E-state index < -0.39 is 0 Å². The van der Waals surface area contributed by atoms with Crippen LogP contribution in [0.25, 0.3) is 0 Å². The van der Waals surface area contributed by atoms with E-state index in [1.807, 2.05) is 26.0 Å². The number of carbonyl (C=O) groups is 1. The molecule has 1 rings (SSSR count). The Labute approximate surface area is 84.1 Å². The van der Waals surface area contributed by atoms with Crippen molar-refractivity contribution in [3.63, 3.8) is 0 Å². The van der Waals surface area contributed by atoms with E-state index in [2.05, 4.69) is 4.98 Å². The quantitative estimate of drug-likeness (QED) is 0.530. The van der Waals surface area contributed by atoms with Crippen LogP contribution in [0.2, 0.25) is 0 Å². The van der Waals surface area contributed by atoms with Gasteiger partial charge in [0.05, 0.1) is 0 Å². The van der Waals surface area contributed by atoms with Crippen LogP contribution in [0.1, 0.15) is 29.4 Å². The summed E-state index contributed by atoms with van der Waals surface area (Å²) in [6.45, 7) is 4.64. The summed E-state index contributed by atoms with van der Waals surface area (Å²) in [7, 11) is 0. The highest BCUT2D eigenvalue weighted by Crippen LogP contribution is 2.04. The van der Waals surface area contributed by atoms with E-state index in [4.69, 9.17) is 4.74 Å². The maximum absolute atomic E-state index is 11.6. The molecule has 0 amide bonds. The van der Waals surface area contributed by atoms with Crippen molar-refractivity contribution in [2.75, 3.05) is 13.2 Å². The Morgan fingerprint density at radius 1 is 1.57 bits per heavy atom. The van der Waals surface area contributed by atoms with Crippen molar-refractivity contribution >= 4 is 5.78 Å². The third-order valence-corrected chi connectivity index (χ3v) is 1.86. The SMILES string of the molecule is CCCOCC(=O)c1ncccc1C. The zero-order valence-electron chi connectivity index (χ0n) is 8.62. The highest BCUT2D eigenvalue weighted by molar-refractivity contribution is 5.96. The number of rotatable bonds is 5. The van der Waals surface area contributed by atoms with Gasteiger partial charge in [-0.25, -0.2) is 0 Å². The zero-order chi connectivity index (χ0) is 10.4. The van der Waals surface area contributed by atoms with Crippen LogP contribution in [0.3, 0.4) is 0 Å². The molecule has 0 saturated heterocycles. The van der Waals surface area contributed by atoms with E-state index in [0.717, 1.165) is 12.0 Å². The summed E-state index contributed by atoms with van der Waals surface area (Å²) in [5.74, 6) is -0.0449. The van der Waals surface area contributed by atoms with Crippen LogP contribution in [0.5, 0.6) is 0 Å². The molecule has 1 heterocycles. The van der Waals surface area contributed by atoms with E-state index in [1.165, 1.54) is 0 Å². The Kier molecular flexibility index (Phi) is 4.26. The van der Waals surface area contributed by atoms with E-state index in [9.17, 15) is 4.79 Å². The van der Waals surface area contributed by atoms with Gasteiger partial charge in [-0.05, 0) is 25.0 Å². The molecule has 1 aromatic rings. The fraction of sp³-hybridized carbons (Fsp3) is 0.455. The molecule has 76 valence electrons. The van der Waals surface area contributed by atoms with Gasteiger partial charge in [-0.1, -0.05) is 13.0 Å². The number of hydrogen-bond acceptors (Lipinski definition) is 3. The monoisotopic (exact) mass is 193 g/mol. The molecule has 0 aliphatic heterocycles. The van der Waals surface area contributed by atoms with E-state index in [-0.39, 0.29) is 12.4 Å². The summed E-state index contributed by atoms with van der Waals surface area (Å²) in [6, 6.07) is 3.69. The number of pyridine rings is 1. The van der Waals surface area contributed by atoms with Crippen molar-refractivity contribution in [1.82, 2.24) is 4.98 Å².